The number of nitrogens with one attached hydrogen (secondary N) is 1. The molecule has 148 valence electrons. The molecular weight excluding hydrogens is 366 g/mol. The normalized spacial score (nSPS) is 19.7. The Hall–Kier alpha value is -1.79. The van der Waals surface area contributed by atoms with Crippen LogP contribution in [0.1, 0.15) is 32.6 Å². The van der Waals surface area contributed by atoms with Crippen molar-refractivity contribution >= 4 is 29.1 Å². The molecule has 2 heterocycles. The fourth-order valence-corrected chi connectivity index (χ4v) is 4.08. The number of likely N-dealkylation sites (tertiary alicyclic amines) is 2. The van der Waals surface area contributed by atoms with Gasteiger partial charge in [0.15, 0.2) is 0 Å². The summed E-state index contributed by atoms with van der Waals surface area (Å²) >= 11 is 6.03. The van der Waals surface area contributed by atoms with Crippen molar-refractivity contribution in [2.24, 2.45) is 5.92 Å². The van der Waals surface area contributed by atoms with Crippen molar-refractivity contribution in [1.29, 1.82) is 0 Å². The lowest BCUT2D eigenvalue weighted by molar-refractivity contribution is -0.136. The predicted molar refractivity (Wildman–Crippen MR) is 106 cm³/mol. The monoisotopic (exact) mass is 393 g/mol. The number of nitrogens with zero attached hydrogens (tertiary/aromatic N) is 2. The fraction of sp³-hybridized carbons (Fsp3) is 0.600. The second kappa shape index (κ2) is 8.93. The molecule has 1 aromatic rings. The average Bonchev–Trinajstić information content (AvgIpc) is 3.22. The van der Waals surface area contributed by atoms with Gasteiger partial charge in [0.2, 0.25) is 11.8 Å². The highest BCUT2D eigenvalue weighted by molar-refractivity contribution is 6.31. The highest BCUT2D eigenvalue weighted by atomic mass is 35.5. The third-order valence-corrected chi connectivity index (χ3v) is 5.88. The van der Waals surface area contributed by atoms with Gasteiger partial charge in [0, 0.05) is 24.0 Å². The van der Waals surface area contributed by atoms with E-state index in [2.05, 4.69) is 10.2 Å². The minimum atomic E-state index is -0.281. The van der Waals surface area contributed by atoms with E-state index in [1.54, 1.807) is 25.3 Å². The summed E-state index contributed by atoms with van der Waals surface area (Å²) < 4.78 is 5.29. The number of hydrogen-bond donors (Lipinski definition) is 1. The summed E-state index contributed by atoms with van der Waals surface area (Å²) in [6, 6.07) is 4.86. The molecule has 0 radical (unpaired) electrons. The van der Waals surface area contributed by atoms with E-state index in [1.165, 1.54) is 0 Å². The van der Waals surface area contributed by atoms with Crippen molar-refractivity contribution in [3.8, 4) is 5.75 Å². The summed E-state index contributed by atoms with van der Waals surface area (Å²) in [5.41, 5.74) is 0.570. The molecule has 2 saturated heterocycles. The first kappa shape index (κ1) is 20.0. The van der Waals surface area contributed by atoms with Gasteiger partial charge in [0.25, 0.3) is 0 Å². The Balaban J connectivity index is 1.54. The molecule has 7 heteroatoms. The third-order valence-electron chi connectivity index (χ3n) is 5.64. The minimum Gasteiger partial charge on any atom is -0.495 e. The number of piperidine rings is 1. The maximum absolute atomic E-state index is 12.7. The molecule has 0 bridgehead atoms. The van der Waals surface area contributed by atoms with Crippen LogP contribution in [0.5, 0.6) is 5.75 Å². The number of carbonyl (C=O) groups is 2. The Morgan fingerprint density at radius 2 is 1.85 bits per heavy atom. The number of benzene rings is 1. The summed E-state index contributed by atoms with van der Waals surface area (Å²) in [7, 11) is 1.56. The van der Waals surface area contributed by atoms with Crippen LogP contribution < -0.4 is 10.1 Å². The molecular formula is C20H28ClN3O3. The Kier molecular flexibility index (Phi) is 6.60. The predicted octanol–water partition coefficient (Wildman–Crippen LogP) is 3.01. The van der Waals surface area contributed by atoms with Gasteiger partial charge in [-0.3, -0.25) is 14.5 Å². The highest BCUT2D eigenvalue weighted by Gasteiger charge is 2.32. The Morgan fingerprint density at radius 1 is 1.19 bits per heavy atom. The number of ether oxygens (including phenoxy) is 1. The van der Waals surface area contributed by atoms with E-state index >= 15 is 0 Å². The molecule has 0 unspecified atom stereocenters. The van der Waals surface area contributed by atoms with Gasteiger partial charge in [0.05, 0.1) is 18.8 Å². The summed E-state index contributed by atoms with van der Waals surface area (Å²) in [4.78, 5) is 29.4. The van der Waals surface area contributed by atoms with E-state index in [4.69, 9.17) is 16.3 Å². The molecule has 27 heavy (non-hydrogen) atoms. The largest absolute Gasteiger partial charge is 0.495 e. The second-order valence-corrected chi connectivity index (χ2v) is 7.79. The first-order chi connectivity index (χ1) is 13.0. The zero-order valence-corrected chi connectivity index (χ0v) is 16.8. The van der Waals surface area contributed by atoms with Crippen LogP contribution in [0.15, 0.2) is 18.2 Å². The van der Waals surface area contributed by atoms with Crippen molar-refractivity contribution in [3.05, 3.63) is 23.2 Å². The van der Waals surface area contributed by atoms with Crippen molar-refractivity contribution in [1.82, 2.24) is 9.80 Å². The maximum atomic E-state index is 12.7. The van der Waals surface area contributed by atoms with Crippen LogP contribution in [-0.4, -0.2) is 60.9 Å². The van der Waals surface area contributed by atoms with Gasteiger partial charge in [-0.05, 0) is 63.9 Å². The Labute approximate surface area is 165 Å². The van der Waals surface area contributed by atoms with E-state index in [1.807, 2.05) is 11.8 Å². The van der Waals surface area contributed by atoms with Crippen LogP contribution in [0.3, 0.4) is 0 Å². The first-order valence-electron chi connectivity index (χ1n) is 9.67. The van der Waals surface area contributed by atoms with Gasteiger partial charge in [-0.1, -0.05) is 11.6 Å². The molecule has 2 fully saturated rings. The van der Waals surface area contributed by atoms with Crippen molar-refractivity contribution in [3.63, 3.8) is 0 Å². The molecule has 3 rings (SSSR count). The van der Waals surface area contributed by atoms with Crippen LogP contribution in [0, 0.1) is 5.92 Å². The zero-order chi connectivity index (χ0) is 19.4. The average molecular weight is 394 g/mol. The van der Waals surface area contributed by atoms with Crippen LogP contribution in [0.2, 0.25) is 5.02 Å². The maximum Gasteiger partial charge on any atom is 0.241 e. The third kappa shape index (κ3) is 4.74. The van der Waals surface area contributed by atoms with E-state index in [0.717, 1.165) is 51.9 Å². The molecule has 2 aliphatic heterocycles. The zero-order valence-electron chi connectivity index (χ0n) is 16.0. The number of methoxy groups -OCH3 is 1. The number of hydrogen-bond acceptors (Lipinski definition) is 4. The molecule has 0 saturated carbocycles. The molecule has 0 spiro atoms. The number of anilines is 1. The quantitative estimate of drug-likeness (QED) is 0.835. The first-order valence-corrected chi connectivity index (χ1v) is 10.0. The lowest BCUT2D eigenvalue weighted by Crippen LogP contribution is -2.48. The van der Waals surface area contributed by atoms with Gasteiger partial charge in [-0.2, -0.15) is 0 Å². The smallest absolute Gasteiger partial charge is 0.241 e. The van der Waals surface area contributed by atoms with Crippen LogP contribution in [0.25, 0.3) is 0 Å². The van der Waals surface area contributed by atoms with Crippen LogP contribution in [-0.2, 0) is 9.59 Å². The lowest BCUT2D eigenvalue weighted by atomic mass is 9.94. The van der Waals surface area contributed by atoms with Crippen LogP contribution in [0.4, 0.5) is 5.69 Å². The summed E-state index contributed by atoms with van der Waals surface area (Å²) in [5.74, 6) is 0.880. The van der Waals surface area contributed by atoms with Gasteiger partial charge in [-0.15, -0.1) is 0 Å². The number of rotatable bonds is 5. The SMILES string of the molecule is COc1ccc(Cl)cc1NC(=O)[C@H](C)N1CCC(C(=O)N2CCCC2)CC1. The second-order valence-electron chi connectivity index (χ2n) is 7.35. The number of amides is 2. The summed E-state index contributed by atoms with van der Waals surface area (Å²) in [6.45, 7) is 5.21. The van der Waals surface area contributed by atoms with E-state index in [0.29, 0.717) is 22.4 Å². The molecule has 1 aromatic carbocycles. The Bertz CT molecular complexity index is 683. The van der Waals surface area contributed by atoms with E-state index < -0.39 is 0 Å². The van der Waals surface area contributed by atoms with Gasteiger partial charge in [-0.25, -0.2) is 0 Å². The van der Waals surface area contributed by atoms with E-state index in [-0.39, 0.29) is 17.9 Å². The molecule has 0 aromatic heterocycles. The lowest BCUT2D eigenvalue weighted by Gasteiger charge is -2.36. The van der Waals surface area contributed by atoms with Crippen molar-refractivity contribution < 1.29 is 14.3 Å². The van der Waals surface area contributed by atoms with Crippen LogP contribution >= 0.6 is 11.6 Å². The Morgan fingerprint density at radius 3 is 2.48 bits per heavy atom. The van der Waals surface area contributed by atoms with E-state index in [9.17, 15) is 9.59 Å². The number of carbonyl (C=O) groups excluding carboxylic acids is 2. The highest BCUT2D eigenvalue weighted by Crippen LogP contribution is 2.28. The van der Waals surface area contributed by atoms with Crippen molar-refractivity contribution in [2.45, 2.75) is 38.6 Å². The van der Waals surface area contributed by atoms with Gasteiger partial charge in [0.1, 0.15) is 5.75 Å². The summed E-state index contributed by atoms with van der Waals surface area (Å²) in [6.07, 6.45) is 3.87. The minimum absolute atomic E-state index is 0.0973. The van der Waals surface area contributed by atoms with Crippen molar-refractivity contribution in [2.75, 3.05) is 38.6 Å². The number of halogens is 1. The molecule has 1 atom stereocenters. The summed E-state index contributed by atoms with van der Waals surface area (Å²) in [5, 5.41) is 3.45. The fourth-order valence-electron chi connectivity index (χ4n) is 3.91. The topological polar surface area (TPSA) is 61.9 Å². The molecule has 2 amide bonds. The molecule has 2 aliphatic rings. The van der Waals surface area contributed by atoms with Gasteiger partial charge < -0.3 is 15.0 Å². The standard InChI is InChI=1S/C20H28ClN3O3/c1-14(19(25)22-17-13-16(21)5-6-18(17)27-2)23-11-7-15(8-12-23)20(26)24-9-3-4-10-24/h5-6,13-15H,3-4,7-12H2,1-2H3,(H,22,25)/t14-/m0/s1. The molecule has 0 aliphatic carbocycles. The molecule has 6 nitrogen and oxygen atoms in total. The van der Waals surface area contributed by atoms with Gasteiger partial charge >= 0.3 is 0 Å². The molecule has 1 N–H and O–H groups in total.